The normalized spacial score (nSPS) is 21.6. The van der Waals surface area contributed by atoms with E-state index in [1.54, 1.807) is 0 Å². The Kier molecular flexibility index (Phi) is 4.04. The summed E-state index contributed by atoms with van der Waals surface area (Å²) in [6.07, 6.45) is 2.54. The highest BCUT2D eigenvalue weighted by Crippen LogP contribution is 2.30. The number of nitrogens with one attached hydrogen (secondary N) is 1. The Balaban J connectivity index is 1.82. The largest absolute Gasteiger partial charge is 0.378 e. The average Bonchev–Trinajstić information content (AvgIpc) is 2.48. The number of rotatable bonds is 2. The maximum absolute atomic E-state index is 5.45. The Morgan fingerprint density at radius 2 is 1.84 bits per heavy atom. The quantitative estimate of drug-likeness (QED) is 0.883. The molecule has 0 aromatic heterocycles. The van der Waals surface area contributed by atoms with Crippen LogP contribution in [0.1, 0.15) is 29.9 Å². The van der Waals surface area contributed by atoms with E-state index >= 15 is 0 Å². The van der Waals surface area contributed by atoms with Crippen LogP contribution in [0.15, 0.2) is 18.2 Å². The second kappa shape index (κ2) is 5.93. The lowest BCUT2D eigenvalue weighted by Crippen LogP contribution is -2.36. The lowest BCUT2D eigenvalue weighted by molar-refractivity contribution is 0.122. The zero-order valence-electron chi connectivity index (χ0n) is 11.8. The number of hydrogen-bond donors (Lipinski definition) is 1. The van der Waals surface area contributed by atoms with Crippen LogP contribution in [0.25, 0.3) is 0 Å². The Labute approximate surface area is 115 Å². The molecule has 0 spiro atoms. The van der Waals surface area contributed by atoms with Gasteiger partial charge in [0.1, 0.15) is 0 Å². The highest BCUT2D eigenvalue weighted by Gasteiger charge is 2.18. The van der Waals surface area contributed by atoms with E-state index in [4.69, 9.17) is 4.74 Å². The highest BCUT2D eigenvalue weighted by atomic mass is 16.5. The maximum atomic E-state index is 5.45. The van der Waals surface area contributed by atoms with Crippen LogP contribution in [-0.4, -0.2) is 39.4 Å². The third-order valence-corrected chi connectivity index (χ3v) is 4.27. The van der Waals surface area contributed by atoms with Gasteiger partial charge in [-0.2, -0.15) is 0 Å². The van der Waals surface area contributed by atoms with Gasteiger partial charge < -0.3 is 15.0 Å². The van der Waals surface area contributed by atoms with Crippen molar-refractivity contribution in [3.63, 3.8) is 0 Å². The Morgan fingerprint density at radius 1 is 1.11 bits per heavy atom. The summed E-state index contributed by atoms with van der Waals surface area (Å²) < 4.78 is 5.45. The van der Waals surface area contributed by atoms with Crippen molar-refractivity contribution in [2.75, 3.05) is 44.3 Å². The lowest BCUT2D eigenvalue weighted by Gasteiger charge is -2.31. The van der Waals surface area contributed by atoms with Gasteiger partial charge in [0.05, 0.1) is 13.2 Å². The molecule has 1 aromatic carbocycles. The van der Waals surface area contributed by atoms with Gasteiger partial charge in [0, 0.05) is 18.8 Å². The van der Waals surface area contributed by atoms with E-state index in [1.165, 1.54) is 29.7 Å². The van der Waals surface area contributed by atoms with E-state index in [0.717, 1.165) is 45.3 Å². The van der Waals surface area contributed by atoms with Crippen LogP contribution in [0.2, 0.25) is 0 Å². The minimum atomic E-state index is 0.737. The van der Waals surface area contributed by atoms with Crippen LogP contribution in [0, 0.1) is 6.92 Å². The molecule has 0 bridgehead atoms. The van der Waals surface area contributed by atoms with Crippen molar-refractivity contribution in [2.45, 2.75) is 25.7 Å². The number of benzene rings is 1. The minimum Gasteiger partial charge on any atom is -0.378 e. The molecule has 2 fully saturated rings. The zero-order valence-corrected chi connectivity index (χ0v) is 11.8. The summed E-state index contributed by atoms with van der Waals surface area (Å²) in [4.78, 5) is 2.46. The van der Waals surface area contributed by atoms with Crippen LogP contribution < -0.4 is 10.2 Å². The summed E-state index contributed by atoms with van der Waals surface area (Å²) in [6.45, 7) is 8.29. The topological polar surface area (TPSA) is 24.5 Å². The molecule has 3 nitrogen and oxygen atoms in total. The smallest absolute Gasteiger partial charge is 0.0642 e. The Morgan fingerprint density at radius 3 is 2.58 bits per heavy atom. The van der Waals surface area contributed by atoms with Crippen molar-refractivity contribution in [1.82, 2.24) is 5.32 Å². The van der Waals surface area contributed by atoms with Crippen LogP contribution in [0.4, 0.5) is 5.69 Å². The van der Waals surface area contributed by atoms with Gasteiger partial charge in [-0.25, -0.2) is 0 Å². The number of aryl methyl sites for hydroxylation is 1. The van der Waals surface area contributed by atoms with Crippen LogP contribution in [-0.2, 0) is 4.74 Å². The number of anilines is 1. The van der Waals surface area contributed by atoms with Crippen LogP contribution >= 0.6 is 0 Å². The highest BCUT2D eigenvalue weighted by molar-refractivity contribution is 5.52. The fourth-order valence-corrected chi connectivity index (χ4v) is 3.19. The molecule has 0 unspecified atom stereocenters. The molecule has 1 aromatic rings. The number of nitrogens with zero attached hydrogens (tertiary/aromatic N) is 1. The van der Waals surface area contributed by atoms with Gasteiger partial charge >= 0.3 is 0 Å². The number of hydrogen-bond acceptors (Lipinski definition) is 3. The molecule has 0 amide bonds. The third-order valence-electron chi connectivity index (χ3n) is 4.27. The van der Waals surface area contributed by atoms with Gasteiger partial charge in [-0.05, 0) is 62.0 Å². The van der Waals surface area contributed by atoms with Gasteiger partial charge in [0.25, 0.3) is 0 Å². The minimum absolute atomic E-state index is 0.737. The van der Waals surface area contributed by atoms with E-state index in [-0.39, 0.29) is 0 Å². The summed E-state index contributed by atoms with van der Waals surface area (Å²) >= 11 is 0. The Hall–Kier alpha value is -1.06. The van der Waals surface area contributed by atoms with Crippen molar-refractivity contribution in [2.24, 2.45) is 0 Å². The number of morpholine rings is 1. The van der Waals surface area contributed by atoms with E-state index < -0.39 is 0 Å². The fraction of sp³-hybridized carbons (Fsp3) is 0.625. The van der Waals surface area contributed by atoms with E-state index in [1.807, 2.05) is 0 Å². The third kappa shape index (κ3) is 3.10. The fourth-order valence-electron chi connectivity index (χ4n) is 3.19. The summed E-state index contributed by atoms with van der Waals surface area (Å²) in [5.41, 5.74) is 4.30. The molecular weight excluding hydrogens is 236 g/mol. The van der Waals surface area contributed by atoms with Crippen molar-refractivity contribution >= 4 is 5.69 Å². The van der Waals surface area contributed by atoms with Gasteiger partial charge in [-0.15, -0.1) is 0 Å². The molecule has 2 heterocycles. The molecule has 0 radical (unpaired) electrons. The van der Waals surface area contributed by atoms with E-state index in [0.29, 0.717) is 0 Å². The van der Waals surface area contributed by atoms with Gasteiger partial charge in [-0.1, -0.05) is 6.07 Å². The van der Waals surface area contributed by atoms with Crippen molar-refractivity contribution < 1.29 is 4.74 Å². The van der Waals surface area contributed by atoms with E-state index in [2.05, 4.69) is 35.3 Å². The molecule has 104 valence electrons. The monoisotopic (exact) mass is 260 g/mol. The lowest BCUT2D eigenvalue weighted by atomic mass is 9.89. The van der Waals surface area contributed by atoms with Crippen LogP contribution in [0.3, 0.4) is 0 Å². The standard InChI is InChI=1S/C16H24N2O/c1-13-10-15(14-2-4-17-5-3-14)12-16(11-13)18-6-8-19-9-7-18/h10-12,14,17H,2-9H2,1H3. The van der Waals surface area contributed by atoms with Gasteiger partial charge in [0.2, 0.25) is 0 Å². The maximum Gasteiger partial charge on any atom is 0.0642 e. The summed E-state index contributed by atoms with van der Waals surface area (Å²) in [6, 6.07) is 7.10. The second-order valence-electron chi connectivity index (χ2n) is 5.73. The van der Waals surface area contributed by atoms with Crippen molar-refractivity contribution in [1.29, 1.82) is 0 Å². The predicted molar refractivity (Wildman–Crippen MR) is 79.1 cm³/mol. The summed E-state index contributed by atoms with van der Waals surface area (Å²) in [5.74, 6) is 0.737. The summed E-state index contributed by atoms with van der Waals surface area (Å²) in [7, 11) is 0. The van der Waals surface area contributed by atoms with Gasteiger partial charge in [0.15, 0.2) is 0 Å². The summed E-state index contributed by atoms with van der Waals surface area (Å²) in [5, 5.41) is 3.45. The molecule has 0 aliphatic carbocycles. The molecule has 0 saturated carbocycles. The first kappa shape index (κ1) is 12.9. The first-order valence-corrected chi connectivity index (χ1v) is 7.48. The molecule has 3 rings (SSSR count). The number of ether oxygens (including phenoxy) is 1. The average molecular weight is 260 g/mol. The van der Waals surface area contributed by atoms with E-state index in [9.17, 15) is 0 Å². The number of piperidine rings is 1. The SMILES string of the molecule is Cc1cc(C2CCNCC2)cc(N2CCOCC2)c1. The Bertz CT molecular complexity index is 385. The van der Waals surface area contributed by atoms with Crippen molar-refractivity contribution in [3.8, 4) is 0 Å². The molecule has 3 heteroatoms. The molecule has 2 saturated heterocycles. The van der Waals surface area contributed by atoms with Crippen LogP contribution in [0.5, 0.6) is 0 Å². The molecule has 2 aliphatic heterocycles. The molecule has 2 aliphatic rings. The molecule has 19 heavy (non-hydrogen) atoms. The predicted octanol–water partition coefficient (Wildman–Crippen LogP) is 2.30. The molecule has 1 N–H and O–H groups in total. The molecular formula is C16H24N2O. The molecule has 0 atom stereocenters. The first-order valence-electron chi connectivity index (χ1n) is 7.48. The first-order chi connectivity index (χ1) is 9.33. The second-order valence-corrected chi connectivity index (χ2v) is 5.73. The zero-order chi connectivity index (χ0) is 13.1. The van der Waals surface area contributed by atoms with Gasteiger partial charge in [-0.3, -0.25) is 0 Å². The van der Waals surface area contributed by atoms with Crippen molar-refractivity contribution in [3.05, 3.63) is 29.3 Å².